The predicted molar refractivity (Wildman–Crippen MR) is 74.2 cm³/mol. The zero-order valence-electron chi connectivity index (χ0n) is 10.6. The maximum Gasteiger partial charge on any atom is 0.191 e. The second-order valence-corrected chi connectivity index (χ2v) is 4.49. The summed E-state index contributed by atoms with van der Waals surface area (Å²) in [6.45, 7) is 0. The summed E-state index contributed by atoms with van der Waals surface area (Å²) in [5.41, 5.74) is 0.106. The van der Waals surface area contributed by atoms with Crippen molar-refractivity contribution >= 4 is 22.4 Å². The van der Waals surface area contributed by atoms with Gasteiger partial charge < -0.3 is 10.3 Å². The van der Waals surface area contributed by atoms with Gasteiger partial charge in [-0.25, -0.2) is 13.2 Å². The topological polar surface area (TPSA) is 44.9 Å². The van der Waals surface area contributed by atoms with E-state index in [9.17, 15) is 18.0 Å². The average Bonchev–Trinajstić information content (AvgIpc) is 2.41. The Morgan fingerprint density at radius 2 is 1.71 bits per heavy atom. The number of benzene rings is 2. The number of pyridine rings is 1. The van der Waals surface area contributed by atoms with Crippen LogP contribution < -0.4 is 10.7 Å². The number of rotatable bonds is 2. The van der Waals surface area contributed by atoms with Crippen molar-refractivity contribution < 1.29 is 13.2 Å². The van der Waals surface area contributed by atoms with Crippen LogP contribution in [0.2, 0.25) is 0 Å². The van der Waals surface area contributed by atoms with Crippen molar-refractivity contribution in [3.63, 3.8) is 0 Å². The summed E-state index contributed by atoms with van der Waals surface area (Å²) in [6, 6.07) is 8.59. The number of anilines is 2. The number of H-pyrrole nitrogens is 1. The molecule has 0 unspecified atom stereocenters. The summed E-state index contributed by atoms with van der Waals surface area (Å²) >= 11 is 0. The highest BCUT2D eigenvalue weighted by Crippen LogP contribution is 2.19. The first-order valence-corrected chi connectivity index (χ1v) is 6.07. The Labute approximate surface area is 117 Å². The number of hydrogen-bond acceptors (Lipinski definition) is 2. The van der Waals surface area contributed by atoms with Crippen molar-refractivity contribution in [2.45, 2.75) is 0 Å². The van der Waals surface area contributed by atoms with Gasteiger partial charge in [0.05, 0.1) is 5.52 Å². The van der Waals surface area contributed by atoms with Crippen LogP contribution in [0.3, 0.4) is 0 Å². The fraction of sp³-hybridized carbons (Fsp3) is 0. The van der Waals surface area contributed by atoms with E-state index in [-0.39, 0.29) is 16.7 Å². The van der Waals surface area contributed by atoms with E-state index >= 15 is 0 Å². The molecule has 0 atom stereocenters. The summed E-state index contributed by atoms with van der Waals surface area (Å²) in [7, 11) is 0. The Morgan fingerprint density at radius 3 is 2.48 bits per heavy atom. The van der Waals surface area contributed by atoms with Crippen molar-refractivity contribution in [2.75, 3.05) is 5.32 Å². The minimum Gasteiger partial charge on any atom is -0.342 e. The number of nitrogens with one attached hydrogen (secondary N) is 2. The van der Waals surface area contributed by atoms with Crippen molar-refractivity contribution in [3.05, 3.63) is 70.1 Å². The molecular weight excluding hydrogens is 281 g/mol. The average molecular weight is 290 g/mol. The van der Waals surface area contributed by atoms with E-state index in [2.05, 4.69) is 10.3 Å². The summed E-state index contributed by atoms with van der Waals surface area (Å²) < 4.78 is 39.5. The first kappa shape index (κ1) is 13.2. The third-order valence-electron chi connectivity index (χ3n) is 2.97. The fourth-order valence-corrected chi connectivity index (χ4v) is 2.03. The van der Waals surface area contributed by atoms with Crippen LogP contribution in [0.5, 0.6) is 0 Å². The molecule has 6 heteroatoms. The third kappa shape index (κ3) is 2.60. The molecule has 0 amide bonds. The van der Waals surface area contributed by atoms with Crippen LogP contribution >= 0.6 is 0 Å². The zero-order chi connectivity index (χ0) is 15.0. The van der Waals surface area contributed by atoms with Crippen molar-refractivity contribution in [1.82, 2.24) is 4.98 Å². The minimum absolute atomic E-state index is 0.0405. The highest BCUT2D eigenvalue weighted by molar-refractivity contribution is 5.80. The van der Waals surface area contributed by atoms with Gasteiger partial charge in [0.25, 0.3) is 0 Å². The summed E-state index contributed by atoms with van der Waals surface area (Å²) in [4.78, 5) is 14.7. The van der Waals surface area contributed by atoms with E-state index in [4.69, 9.17) is 0 Å². The zero-order valence-corrected chi connectivity index (χ0v) is 10.6. The molecule has 3 rings (SSSR count). The number of aromatic amines is 1. The van der Waals surface area contributed by atoms with Gasteiger partial charge in [-0.05, 0) is 24.3 Å². The molecule has 2 N–H and O–H groups in total. The number of aromatic nitrogens is 1. The van der Waals surface area contributed by atoms with Crippen LogP contribution in [-0.4, -0.2) is 4.98 Å². The molecule has 0 spiro atoms. The van der Waals surface area contributed by atoms with Gasteiger partial charge in [-0.1, -0.05) is 6.07 Å². The molecule has 0 aliphatic carbocycles. The summed E-state index contributed by atoms with van der Waals surface area (Å²) in [5.74, 6) is -2.32. The fourth-order valence-electron chi connectivity index (χ4n) is 2.03. The molecule has 106 valence electrons. The summed E-state index contributed by atoms with van der Waals surface area (Å²) in [6.07, 6.45) is 0. The largest absolute Gasteiger partial charge is 0.342 e. The smallest absolute Gasteiger partial charge is 0.191 e. The lowest BCUT2D eigenvalue weighted by molar-refractivity contribution is 0.510. The van der Waals surface area contributed by atoms with E-state index in [1.807, 2.05) is 0 Å². The lowest BCUT2D eigenvalue weighted by Crippen LogP contribution is -2.06. The maximum absolute atomic E-state index is 13.2. The van der Waals surface area contributed by atoms with Crippen LogP contribution in [-0.2, 0) is 0 Å². The number of halogens is 3. The highest BCUT2D eigenvalue weighted by atomic mass is 19.2. The lowest BCUT2D eigenvalue weighted by atomic mass is 10.2. The van der Waals surface area contributed by atoms with Gasteiger partial charge in [-0.2, -0.15) is 0 Å². The van der Waals surface area contributed by atoms with Crippen molar-refractivity contribution in [1.29, 1.82) is 0 Å². The van der Waals surface area contributed by atoms with Gasteiger partial charge >= 0.3 is 0 Å². The molecule has 1 aromatic heterocycles. The minimum atomic E-state index is -1.08. The Bertz CT molecular complexity index is 890. The Balaban J connectivity index is 2.08. The van der Waals surface area contributed by atoms with Crippen LogP contribution in [0.15, 0.2) is 47.3 Å². The molecule has 1 heterocycles. The third-order valence-corrected chi connectivity index (χ3v) is 2.97. The number of fused-ring (bicyclic) bond motifs is 1. The first-order valence-electron chi connectivity index (χ1n) is 6.07. The molecular formula is C15H9F3N2O. The maximum atomic E-state index is 13.2. The Kier molecular flexibility index (Phi) is 3.13. The molecule has 0 fully saturated rings. The Morgan fingerprint density at radius 1 is 0.952 bits per heavy atom. The second-order valence-electron chi connectivity index (χ2n) is 4.49. The molecule has 0 saturated heterocycles. The van der Waals surface area contributed by atoms with Gasteiger partial charge in [0, 0.05) is 23.2 Å². The van der Waals surface area contributed by atoms with Crippen LogP contribution in [0, 0.1) is 17.5 Å². The van der Waals surface area contributed by atoms with Gasteiger partial charge in [-0.15, -0.1) is 0 Å². The van der Waals surface area contributed by atoms with E-state index in [0.717, 1.165) is 12.1 Å². The van der Waals surface area contributed by atoms with Gasteiger partial charge in [-0.3, -0.25) is 4.79 Å². The number of hydrogen-bond donors (Lipinski definition) is 2. The molecule has 21 heavy (non-hydrogen) atoms. The van der Waals surface area contributed by atoms with Crippen LogP contribution in [0.4, 0.5) is 24.7 Å². The molecule has 0 aliphatic heterocycles. The quantitative estimate of drug-likeness (QED) is 0.756. The van der Waals surface area contributed by atoms with Gasteiger partial charge in [0.2, 0.25) is 0 Å². The molecule has 2 aromatic carbocycles. The molecule has 0 radical (unpaired) electrons. The molecule has 3 nitrogen and oxygen atoms in total. The van der Waals surface area contributed by atoms with E-state index in [1.165, 1.54) is 24.3 Å². The van der Waals surface area contributed by atoms with Crippen LogP contribution in [0.1, 0.15) is 0 Å². The molecule has 0 saturated carbocycles. The Hall–Kier alpha value is -2.76. The van der Waals surface area contributed by atoms with Crippen molar-refractivity contribution in [2.24, 2.45) is 0 Å². The van der Waals surface area contributed by atoms with E-state index in [0.29, 0.717) is 5.69 Å². The normalized spacial score (nSPS) is 10.8. The standard InChI is InChI=1S/C15H9F3N2O/c16-8-2-1-3-9(4-8)19-15-7-14(21)10-5-11(17)12(18)6-13(10)20-15/h1-7H,(H2,19,20,21). The summed E-state index contributed by atoms with van der Waals surface area (Å²) in [5, 5.41) is 2.84. The molecule has 0 aliphatic rings. The predicted octanol–water partition coefficient (Wildman–Crippen LogP) is 3.69. The lowest BCUT2D eigenvalue weighted by Gasteiger charge is -2.08. The monoisotopic (exact) mass is 290 g/mol. The van der Waals surface area contributed by atoms with Crippen molar-refractivity contribution in [3.8, 4) is 0 Å². The molecule has 0 bridgehead atoms. The first-order chi connectivity index (χ1) is 10.0. The SMILES string of the molecule is O=c1cc(Nc2cccc(F)c2)[nH]c2cc(F)c(F)cc12. The van der Waals surface area contributed by atoms with Gasteiger partial charge in [0.1, 0.15) is 11.6 Å². The highest BCUT2D eigenvalue weighted by Gasteiger charge is 2.08. The van der Waals surface area contributed by atoms with E-state index in [1.54, 1.807) is 6.07 Å². The molecule has 3 aromatic rings. The van der Waals surface area contributed by atoms with E-state index < -0.39 is 22.9 Å². The van der Waals surface area contributed by atoms with Crippen LogP contribution in [0.25, 0.3) is 10.9 Å². The van der Waals surface area contributed by atoms with Gasteiger partial charge in [0.15, 0.2) is 17.1 Å². The second kappa shape index (κ2) is 4.97.